The molecule has 2 aromatic rings. The lowest BCUT2D eigenvalue weighted by atomic mass is 10.3. The van der Waals surface area contributed by atoms with Crippen LogP contribution in [-0.2, 0) is 0 Å². The predicted octanol–water partition coefficient (Wildman–Crippen LogP) is 0.696. The van der Waals surface area contributed by atoms with Gasteiger partial charge in [0.15, 0.2) is 0 Å². The molecule has 2 aromatic heterocycles. The SMILES string of the molecule is CCCNc1nc(N(C)C(C)CO)nc(-n2ccnc2)n1. The molecule has 0 amide bonds. The van der Waals surface area contributed by atoms with E-state index in [0.717, 1.165) is 13.0 Å². The van der Waals surface area contributed by atoms with Crippen LogP contribution in [0.5, 0.6) is 0 Å². The number of nitrogens with zero attached hydrogens (tertiary/aromatic N) is 6. The van der Waals surface area contributed by atoms with Crippen molar-refractivity contribution < 1.29 is 5.11 Å². The Bertz CT molecular complexity index is 558. The van der Waals surface area contributed by atoms with Gasteiger partial charge in [-0.2, -0.15) is 15.0 Å². The van der Waals surface area contributed by atoms with Gasteiger partial charge >= 0.3 is 0 Å². The molecule has 0 bridgehead atoms. The number of hydrogen-bond donors (Lipinski definition) is 2. The average molecular weight is 291 g/mol. The third-order valence-corrected chi connectivity index (χ3v) is 3.12. The van der Waals surface area contributed by atoms with Crippen molar-refractivity contribution in [2.75, 3.05) is 30.4 Å². The highest BCUT2D eigenvalue weighted by Crippen LogP contribution is 2.14. The lowest BCUT2D eigenvalue weighted by molar-refractivity contribution is 0.269. The first-order chi connectivity index (χ1) is 10.2. The van der Waals surface area contributed by atoms with Crippen LogP contribution in [0.15, 0.2) is 18.7 Å². The highest BCUT2D eigenvalue weighted by molar-refractivity contribution is 5.40. The second-order valence-electron chi connectivity index (χ2n) is 4.80. The fourth-order valence-electron chi connectivity index (χ4n) is 1.64. The van der Waals surface area contributed by atoms with Gasteiger partial charge in [-0.25, -0.2) is 4.98 Å². The maximum Gasteiger partial charge on any atom is 0.241 e. The van der Waals surface area contributed by atoms with Crippen LogP contribution in [0.3, 0.4) is 0 Å². The van der Waals surface area contributed by atoms with E-state index in [1.807, 2.05) is 18.9 Å². The lowest BCUT2D eigenvalue weighted by Crippen LogP contribution is -2.33. The molecule has 2 N–H and O–H groups in total. The monoisotopic (exact) mass is 291 g/mol. The molecule has 0 aliphatic heterocycles. The smallest absolute Gasteiger partial charge is 0.241 e. The molecule has 8 heteroatoms. The molecule has 114 valence electrons. The fraction of sp³-hybridized carbons (Fsp3) is 0.538. The molecule has 0 radical (unpaired) electrons. The molecule has 1 unspecified atom stereocenters. The number of nitrogens with one attached hydrogen (secondary N) is 1. The Hall–Kier alpha value is -2.22. The first kappa shape index (κ1) is 15.2. The van der Waals surface area contributed by atoms with Crippen LogP contribution in [0.4, 0.5) is 11.9 Å². The largest absolute Gasteiger partial charge is 0.394 e. The molecule has 21 heavy (non-hydrogen) atoms. The Labute approximate surface area is 123 Å². The average Bonchev–Trinajstić information content (AvgIpc) is 3.05. The molecule has 2 rings (SSSR count). The first-order valence-electron chi connectivity index (χ1n) is 6.97. The predicted molar refractivity (Wildman–Crippen MR) is 80.7 cm³/mol. The van der Waals surface area contributed by atoms with E-state index < -0.39 is 0 Å². The Kier molecular flexibility index (Phi) is 5.04. The van der Waals surface area contributed by atoms with E-state index in [0.29, 0.717) is 17.8 Å². The van der Waals surface area contributed by atoms with Gasteiger partial charge in [-0.3, -0.25) is 4.57 Å². The number of aliphatic hydroxyl groups is 1. The number of rotatable bonds is 7. The summed E-state index contributed by atoms with van der Waals surface area (Å²) in [5, 5.41) is 12.5. The summed E-state index contributed by atoms with van der Waals surface area (Å²) in [6.45, 7) is 4.79. The van der Waals surface area contributed by atoms with Gasteiger partial charge in [0.25, 0.3) is 0 Å². The van der Waals surface area contributed by atoms with Crippen LogP contribution in [0.2, 0.25) is 0 Å². The van der Waals surface area contributed by atoms with E-state index >= 15 is 0 Å². The minimum atomic E-state index is -0.0814. The number of imidazole rings is 1. The van der Waals surface area contributed by atoms with Gasteiger partial charge in [-0.05, 0) is 13.3 Å². The third-order valence-electron chi connectivity index (χ3n) is 3.12. The summed E-state index contributed by atoms with van der Waals surface area (Å²) >= 11 is 0. The second-order valence-corrected chi connectivity index (χ2v) is 4.80. The van der Waals surface area contributed by atoms with Crippen molar-refractivity contribution in [2.45, 2.75) is 26.3 Å². The Morgan fingerprint density at radius 3 is 2.81 bits per heavy atom. The normalized spacial score (nSPS) is 12.2. The molecule has 0 spiro atoms. The van der Waals surface area contributed by atoms with Gasteiger partial charge in [0.05, 0.1) is 12.6 Å². The van der Waals surface area contributed by atoms with Crippen molar-refractivity contribution in [1.29, 1.82) is 0 Å². The number of likely N-dealkylation sites (N-methyl/N-ethyl adjacent to an activating group) is 1. The zero-order chi connectivity index (χ0) is 15.2. The summed E-state index contributed by atoms with van der Waals surface area (Å²) in [5.41, 5.74) is 0. The van der Waals surface area contributed by atoms with E-state index in [9.17, 15) is 5.11 Å². The van der Waals surface area contributed by atoms with Crippen molar-refractivity contribution in [1.82, 2.24) is 24.5 Å². The minimum Gasteiger partial charge on any atom is -0.394 e. The van der Waals surface area contributed by atoms with Crippen molar-refractivity contribution in [3.05, 3.63) is 18.7 Å². The van der Waals surface area contributed by atoms with E-state index in [2.05, 4.69) is 32.2 Å². The summed E-state index contributed by atoms with van der Waals surface area (Å²) in [7, 11) is 1.84. The van der Waals surface area contributed by atoms with E-state index in [-0.39, 0.29) is 12.6 Å². The summed E-state index contributed by atoms with van der Waals surface area (Å²) in [6.07, 6.45) is 6.06. The molecule has 0 aliphatic carbocycles. The van der Waals surface area contributed by atoms with Crippen LogP contribution < -0.4 is 10.2 Å². The van der Waals surface area contributed by atoms with Crippen LogP contribution in [0.25, 0.3) is 5.95 Å². The first-order valence-corrected chi connectivity index (χ1v) is 6.97. The summed E-state index contributed by atoms with van der Waals surface area (Å²) in [6, 6.07) is -0.0814. The van der Waals surface area contributed by atoms with Crippen molar-refractivity contribution >= 4 is 11.9 Å². The van der Waals surface area contributed by atoms with Gasteiger partial charge in [0.2, 0.25) is 17.8 Å². The topological polar surface area (TPSA) is 92.0 Å². The summed E-state index contributed by atoms with van der Waals surface area (Å²) in [4.78, 5) is 19.0. The molecule has 1 atom stereocenters. The standard InChI is InChI=1S/C13H21N7O/c1-4-5-15-11-16-12(19(3)10(2)8-21)18-13(17-11)20-7-6-14-9-20/h6-7,9-10,21H,4-5,8H2,1-3H3,(H,15,16,17,18). The number of aliphatic hydroxyl groups excluding tert-OH is 1. The summed E-state index contributed by atoms with van der Waals surface area (Å²) in [5.74, 6) is 1.52. The number of aromatic nitrogens is 5. The molecular formula is C13H21N7O. The highest BCUT2D eigenvalue weighted by atomic mass is 16.3. The maximum atomic E-state index is 9.29. The van der Waals surface area contributed by atoms with Gasteiger partial charge in [0, 0.05) is 26.0 Å². The highest BCUT2D eigenvalue weighted by Gasteiger charge is 2.15. The zero-order valence-corrected chi connectivity index (χ0v) is 12.6. The number of hydrogen-bond acceptors (Lipinski definition) is 7. The second kappa shape index (κ2) is 6.98. The van der Waals surface area contributed by atoms with Crippen LogP contribution in [0.1, 0.15) is 20.3 Å². The van der Waals surface area contributed by atoms with Crippen LogP contribution >= 0.6 is 0 Å². The van der Waals surface area contributed by atoms with E-state index in [1.54, 1.807) is 23.3 Å². The van der Waals surface area contributed by atoms with E-state index in [4.69, 9.17) is 0 Å². The molecule has 0 fully saturated rings. The summed E-state index contributed by atoms with van der Waals surface area (Å²) < 4.78 is 1.72. The number of anilines is 2. The van der Waals surface area contributed by atoms with Gasteiger partial charge < -0.3 is 15.3 Å². The molecule has 8 nitrogen and oxygen atoms in total. The Balaban J connectivity index is 2.37. The van der Waals surface area contributed by atoms with Gasteiger partial charge in [-0.1, -0.05) is 6.92 Å². The molecule has 0 saturated heterocycles. The van der Waals surface area contributed by atoms with Gasteiger partial charge in [0.1, 0.15) is 6.33 Å². The Morgan fingerprint density at radius 1 is 1.38 bits per heavy atom. The van der Waals surface area contributed by atoms with Crippen LogP contribution in [-0.4, -0.2) is 55.9 Å². The Morgan fingerprint density at radius 2 is 2.19 bits per heavy atom. The fourth-order valence-corrected chi connectivity index (χ4v) is 1.64. The van der Waals surface area contributed by atoms with Crippen LogP contribution in [0, 0.1) is 0 Å². The van der Waals surface area contributed by atoms with Gasteiger partial charge in [-0.15, -0.1) is 0 Å². The van der Waals surface area contributed by atoms with E-state index in [1.165, 1.54) is 0 Å². The minimum absolute atomic E-state index is 0.0281. The quantitative estimate of drug-likeness (QED) is 0.775. The zero-order valence-electron chi connectivity index (χ0n) is 12.6. The van der Waals surface area contributed by atoms with Crippen molar-refractivity contribution in [2.24, 2.45) is 0 Å². The van der Waals surface area contributed by atoms with Crippen molar-refractivity contribution in [3.63, 3.8) is 0 Å². The molecule has 2 heterocycles. The van der Waals surface area contributed by atoms with Crippen molar-refractivity contribution in [3.8, 4) is 5.95 Å². The molecule has 0 aliphatic rings. The third kappa shape index (κ3) is 3.66. The molecule has 0 saturated carbocycles. The lowest BCUT2D eigenvalue weighted by Gasteiger charge is -2.23. The molecular weight excluding hydrogens is 270 g/mol. The maximum absolute atomic E-state index is 9.29. The molecule has 0 aromatic carbocycles.